The van der Waals surface area contributed by atoms with Crippen LogP contribution in [0.15, 0.2) is 45.2 Å². The molecule has 0 saturated heterocycles. The topological polar surface area (TPSA) is 82.9 Å². The lowest BCUT2D eigenvalue weighted by Gasteiger charge is -2.12. The number of rotatable bonds is 9. The van der Waals surface area contributed by atoms with Gasteiger partial charge in [-0.25, -0.2) is 10.9 Å². The van der Waals surface area contributed by atoms with E-state index < -0.39 is 17.7 Å². The zero-order valence-electron chi connectivity index (χ0n) is 13.8. The molecule has 0 radical (unpaired) electrons. The Balaban J connectivity index is 1.91. The zero-order chi connectivity index (χ0) is 17.9. The fraction of sp³-hybridized carbons (Fsp3) is 0.294. The van der Waals surface area contributed by atoms with E-state index in [1.165, 1.54) is 22.7 Å². The van der Waals surface area contributed by atoms with Crippen LogP contribution in [0.2, 0.25) is 0 Å². The third-order valence-electron chi connectivity index (χ3n) is 3.30. The Bertz CT molecular complexity index is 651. The molecule has 132 valence electrons. The Morgan fingerprint density at radius 1 is 1.04 bits per heavy atom. The highest BCUT2D eigenvalue weighted by Crippen LogP contribution is 2.10. The Morgan fingerprint density at radius 2 is 1.56 bits per heavy atom. The summed E-state index contributed by atoms with van der Waals surface area (Å²) in [6, 6.07) is 7.58. The molecule has 0 spiro atoms. The van der Waals surface area contributed by atoms with Crippen LogP contribution < -0.4 is 10.9 Å². The molecule has 2 heterocycles. The summed E-state index contributed by atoms with van der Waals surface area (Å²) in [5.41, 5.74) is 4.88. The summed E-state index contributed by atoms with van der Waals surface area (Å²) in [6.45, 7) is 2.01. The molecule has 0 bridgehead atoms. The van der Waals surface area contributed by atoms with Gasteiger partial charge < -0.3 is 0 Å². The molecule has 2 aromatic heterocycles. The molecule has 2 amide bonds. The van der Waals surface area contributed by atoms with Crippen LogP contribution in [-0.2, 0) is 9.59 Å². The SMILES string of the molecule is CCCCC(C(=O)N/N=C/c1cccs1)C(=O)N/N=C/c1cccs1. The van der Waals surface area contributed by atoms with Crippen LogP contribution in [0.5, 0.6) is 0 Å². The Hall–Kier alpha value is -2.32. The zero-order valence-corrected chi connectivity index (χ0v) is 15.5. The molecule has 0 aliphatic carbocycles. The minimum atomic E-state index is -0.819. The molecule has 0 fully saturated rings. The monoisotopic (exact) mass is 376 g/mol. The Morgan fingerprint density at radius 3 is 1.96 bits per heavy atom. The van der Waals surface area contributed by atoms with Crippen molar-refractivity contribution in [2.75, 3.05) is 0 Å². The smallest absolute Gasteiger partial charge is 0.252 e. The predicted molar refractivity (Wildman–Crippen MR) is 103 cm³/mol. The average Bonchev–Trinajstić information content (AvgIpc) is 3.29. The summed E-state index contributed by atoms with van der Waals surface area (Å²) in [5.74, 6) is -1.67. The molecule has 2 aromatic rings. The first-order valence-corrected chi connectivity index (χ1v) is 9.69. The van der Waals surface area contributed by atoms with Gasteiger partial charge in [-0.15, -0.1) is 22.7 Å². The number of carbonyl (C=O) groups excluding carboxylic acids is 2. The van der Waals surface area contributed by atoms with Crippen LogP contribution in [-0.4, -0.2) is 24.2 Å². The van der Waals surface area contributed by atoms with Crippen molar-refractivity contribution in [3.8, 4) is 0 Å². The highest BCUT2D eigenvalue weighted by molar-refractivity contribution is 7.12. The maximum absolute atomic E-state index is 12.3. The van der Waals surface area contributed by atoms with E-state index in [0.29, 0.717) is 6.42 Å². The average molecular weight is 377 g/mol. The summed E-state index contributed by atoms with van der Waals surface area (Å²) < 4.78 is 0. The van der Waals surface area contributed by atoms with E-state index in [0.717, 1.165) is 22.6 Å². The number of hydrogen-bond acceptors (Lipinski definition) is 6. The first-order chi connectivity index (χ1) is 12.2. The third kappa shape index (κ3) is 6.60. The lowest BCUT2D eigenvalue weighted by atomic mass is 10.0. The van der Waals surface area contributed by atoms with Gasteiger partial charge in [-0.3, -0.25) is 9.59 Å². The molecular weight excluding hydrogens is 356 g/mol. The van der Waals surface area contributed by atoms with Gasteiger partial charge >= 0.3 is 0 Å². The normalized spacial score (nSPS) is 11.4. The quantitative estimate of drug-likeness (QED) is 0.400. The van der Waals surface area contributed by atoms with Gasteiger partial charge in [-0.2, -0.15) is 10.2 Å². The van der Waals surface area contributed by atoms with Crippen molar-refractivity contribution < 1.29 is 9.59 Å². The van der Waals surface area contributed by atoms with Crippen molar-refractivity contribution in [1.82, 2.24) is 10.9 Å². The van der Waals surface area contributed by atoms with Gasteiger partial charge in [-0.05, 0) is 29.3 Å². The predicted octanol–water partition coefficient (Wildman–Crippen LogP) is 3.22. The van der Waals surface area contributed by atoms with Gasteiger partial charge in [0.15, 0.2) is 0 Å². The van der Waals surface area contributed by atoms with Gasteiger partial charge in [0.25, 0.3) is 11.8 Å². The molecule has 0 unspecified atom stereocenters. The maximum Gasteiger partial charge on any atom is 0.252 e. The highest BCUT2D eigenvalue weighted by atomic mass is 32.1. The van der Waals surface area contributed by atoms with Gasteiger partial charge in [0, 0.05) is 9.75 Å². The Labute approximate surface area is 154 Å². The summed E-state index contributed by atoms with van der Waals surface area (Å²) in [4.78, 5) is 26.4. The van der Waals surface area contributed by atoms with E-state index in [2.05, 4.69) is 21.1 Å². The van der Waals surface area contributed by atoms with Crippen LogP contribution in [0.25, 0.3) is 0 Å². The molecule has 0 aromatic carbocycles. The van der Waals surface area contributed by atoms with Crippen molar-refractivity contribution in [1.29, 1.82) is 0 Å². The molecule has 2 rings (SSSR count). The number of unbranched alkanes of at least 4 members (excludes halogenated alkanes) is 1. The molecule has 0 atom stereocenters. The lowest BCUT2D eigenvalue weighted by Crippen LogP contribution is -2.38. The van der Waals surface area contributed by atoms with Crippen molar-refractivity contribution >= 4 is 46.9 Å². The number of nitrogens with zero attached hydrogens (tertiary/aromatic N) is 2. The van der Waals surface area contributed by atoms with Gasteiger partial charge in [0.1, 0.15) is 5.92 Å². The molecule has 0 aliphatic rings. The minimum Gasteiger partial charge on any atom is -0.272 e. The maximum atomic E-state index is 12.3. The first-order valence-electron chi connectivity index (χ1n) is 7.93. The Kier molecular flexibility index (Phi) is 8.00. The second-order valence-electron chi connectivity index (χ2n) is 5.19. The van der Waals surface area contributed by atoms with Crippen LogP contribution in [0.3, 0.4) is 0 Å². The van der Waals surface area contributed by atoms with E-state index in [1.54, 1.807) is 12.4 Å². The first kappa shape index (κ1) is 19.0. The number of carbonyl (C=O) groups is 2. The summed E-state index contributed by atoms with van der Waals surface area (Å²) in [5, 5.41) is 11.7. The lowest BCUT2D eigenvalue weighted by molar-refractivity contribution is -0.135. The summed E-state index contributed by atoms with van der Waals surface area (Å²) in [6.07, 6.45) is 5.25. The van der Waals surface area contributed by atoms with E-state index in [4.69, 9.17) is 0 Å². The number of amides is 2. The summed E-state index contributed by atoms with van der Waals surface area (Å²) >= 11 is 3.03. The molecular formula is C17H20N4O2S2. The molecule has 0 aliphatic heterocycles. The van der Waals surface area contributed by atoms with Crippen LogP contribution >= 0.6 is 22.7 Å². The highest BCUT2D eigenvalue weighted by Gasteiger charge is 2.25. The van der Waals surface area contributed by atoms with Gasteiger partial charge in [0.2, 0.25) is 0 Å². The second kappa shape index (κ2) is 10.5. The second-order valence-corrected chi connectivity index (χ2v) is 7.15. The molecule has 8 heteroatoms. The van der Waals surface area contributed by atoms with Gasteiger partial charge in [-0.1, -0.05) is 31.9 Å². The fourth-order valence-corrected chi connectivity index (χ4v) is 3.16. The van der Waals surface area contributed by atoms with Crippen molar-refractivity contribution in [2.24, 2.45) is 16.1 Å². The molecule has 25 heavy (non-hydrogen) atoms. The van der Waals surface area contributed by atoms with Crippen LogP contribution in [0.1, 0.15) is 35.9 Å². The number of thiophene rings is 2. The van der Waals surface area contributed by atoms with Crippen molar-refractivity contribution in [3.05, 3.63) is 44.8 Å². The van der Waals surface area contributed by atoms with E-state index in [9.17, 15) is 9.59 Å². The molecule has 2 N–H and O–H groups in total. The number of nitrogens with one attached hydrogen (secondary N) is 2. The van der Waals surface area contributed by atoms with E-state index in [-0.39, 0.29) is 0 Å². The number of hydrogen-bond donors (Lipinski definition) is 2. The third-order valence-corrected chi connectivity index (χ3v) is 4.91. The van der Waals surface area contributed by atoms with Gasteiger partial charge in [0.05, 0.1) is 12.4 Å². The largest absolute Gasteiger partial charge is 0.272 e. The van der Waals surface area contributed by atoms with E-state index >= 15 is 0 Å². The summed E-state index contributed by atoms with van der Waals surface area (Å²) in [7, 11) is 0. The minimum absolute atomic E-state index is 0.426. The molecule has 0 saturated carbocycles. The fourth-order valence-electron chi connectivity index (χ4n) is 1.99. The van der Waals surface area contributed by atoms with E-state index in [1.807, 2.05) is 41.9 Å². The molecule has 6 nitrogen and oxygen atoms in total. The van der Waals surface area contributed by atoms with Crippen molar-refractivity contribution in [2.45, 2.75) is 26.2 Å². The van der Waals surface area contributed by atoms with Crippen LogP contribution in [0.4, 0.5) is 0 Å². The number of hydrazone groups is 2. The standard InChI is InChI=1S/C17H20N4O2S2/c1-2-3-8-15(16(22)20-18-11-13-6-4-9-24-13)17(23)21-19-12-14-7-5-10-25-14/h4-7,9-12,15H,2-3,8H2,1H3,(H,20,22)(H,21,23)/b18-11+,19-12+. The van der Waals surface area contributed by atoms with Crippen molar-refractivity contribution in [3.63, 3.8) is 0 Å². The van der Waals surface area contributed by atoms with Crippen LogP contribution in [0, 0.1) is 5.92 Å².